The molecule has 0 bridgehead atoms. The molecule has 0 spiro atoms. The van der Waals surface area contributed by atoms with Gasteiger partial charge in [-0.1, -0.05) is 25.5 Å². The average molecular weight is 232 g/mol. The summed E-state index contributed by atoms with van der Waals surface area (Å²) in [4.78, 5) is 9.01. The van der Waals surface area contributed by atoms with Gasteiger partial charge in [-0.3, -0.25) is 9.98 Å². The van der Waals surface area contributed by atoms with Gasteiger partial charge in [-0.25, -0.2) is 0 Å². The van der Waals surface area contributed by atoms with E-state index in [1.165, 1.54) is 6.42 Å². The van der Waals surface area contributed by atoms with Crippen LogP contribution in [0.3, 0.4) is 0 Å². The molecule has 0 saturated carbocycles. The Hall–Kier alpha value is -1.35. The van der Waals surface area contributed by atoms with Gasteiger partial charge in [-0.2, -0.15) is 0 Å². The topological polar surface area (TPSA) is 25.2 Å². The van der Waals surface area contributed by atoms with Crippen molar-refractivity contribution >= 4 is 18.8 Å². The number of unbranched alkanes of at least 4 members (excludes halogenated alkanes) is 1. The third-order valence-electron chi connectivity index (χ3n) is 1.84. The van der Waals surface area contributed by atoms with Crippen LogP contribution in [0.25, 0.3) is 0 Å². The molecule has 0 N–H and O–H groups in total. The van der Waals surface area contributed by atoms with E-state index in [1.54, 1.807) is 24.8 Å². The number of rotatable bonds is 5. The predicted molar refractivity (Wildman–Crippen MR) is 72.3 cm³/mol. The second-order valence-corrected chi connectivity index (χ2v) is 3.83. The minimum atomic E-state index is 0.843. The summed E-state index contributed by atoms with van der Waals surface area (Å²) in [6.07, 6.45) is 15.3. The Morgan fingerprint density at radius 3 is 3.00 bits per heavy atom. The molecule has 1 heterocycles. The quantitative estimate of drug-likeness (QED) is 0.468. The highest BCUT2D eigenvalue weighted by Gasteiger charge is 1.87. The Bertz CT molecular complexity index is 395. The van der Waals surface area contributed by atoms with Crippen molar-refractivity contribution in [3.05, 3.63) is 48.5 Å². The fraction of sp³-hybridized carbons (Fsp3) is 0.231. The Morgan fingerprint density at radius 2 is 2.25 bits per heavy atom. The van der Waals surface area contributed by atoms with Gasteiger partial charge in [0.1, 0.15) is 0 Å². The molecule has 16 heavy (non-hydrogen) atoms. The maximum Gasteiger partial charge on any atom is 0.0401 e. The highest BCUT2D eigenvalue weighted by Crippen LogP contribution is 2.04. The van der Waals surface area contributed by atoms with Gasteiger partial charge in [-0.15, -0.1) is 12.6 Å². The summed E-state index contributed by atoms with van der Waals surface area (Å²) >= 11 is 4.20. The summed E-state index contributed by atoms with van der Waals surface area (Å²) in [6, 6.07) is 1.92. The van der Waals surface area contributed by atoms with Crippen molar-refractivity contribution in [2.75, 3.05) is 0 Å². The highest BCUT2D eigenvalue weighted by molar-refractivity contribution is 7.80. The first kappa shape index (κ1) is 12.7. The number of thiol groups is 1. The molecule has 0 fully saturated rings. The van der Waals surface area contributed by atoms with Crippen molar-refractivity contribution in [1.29, 1.82) is 0 Å². The maximum atomic E-state index is 4.20. The lowest BCUT2D eigenvalue weighted by atomic mass is 10.3. The largest absolute Gasteiger partial charge is 0.264 e. The van der Waals surface area contributed by atoms with Gasteiger partial charge >= 0.3 is 0 Å². The molecule has 1 aromatic rings. The first-order chi connectivity index (χ1) is 7.83. The average Bonchev–Trinajstić information content (AvgIpc) is 2.28. The minimum Gasteiger partial charge on any atom is -0.264 e. The van der Waals surface area contributed by atoms with Crippen LogP contribution in [0.1, 0.15) is 25.3 Å². The first-order valence-electron chi connectivity index (χ1n) is 5.32. The fourth-order valence-corrected chi connectivity index (χ4v) is 1.30. The summed E-state index contributed by atoms with van der Waals surface area (Å²) < 4.78 is 0. The Balaban J connectivity index is 2.42. The second-order valence-electron chi connectivity index (χ2n) is 3.31. The van der Waals surface area contributed by atoms with Crippen LogP contribution in [0.4, 0.5) is 0 Å². The van der Waals surface area contributed by atoms with E-state index < -0.39 is 0 Å². The Kier molecular flexibility index (Phi) is 6.26. The molecule has 0 aliphatic rings. The molecule has 2 nitrogen and oxygen atoms in total. The van der Waals surface area contributed by atoms with Crippen molar-refractivity contribution < 1.29 is 0 Å². The van der Waals surface area contributed by atoms with Gasteiger partial charge in [0.15, 0.2) is 0 Å². The zero-order chi connectivity index (χ0) is 11.6. The summed E-state index contributed by atoms with van der Waals surface area (Å²) in [5.41, 5.74) is 0.953. The van der Waals surface area contributed by atoms with Gasteiger partial charge < -0.3 is 0 Å². The van der Waals surface area contributed by atoms with Crippen LogP contribution in [0.5, 0.6) is 0 Å². The lowest BCUT2D eigenvalue weighted by molar-refractivity contribution is 0.959. The molecule has 0 unspecified atom stereocenters. The molecule has 0 aromatic carbocycles. The van der Waals surface area contributed by atoms with Crippen molar-refractivity contribution in [3.8, 4) is 0 Å². The van der Waals surface area contributed by atoms with Crippen molar-refractivity contribution in [2.24, 2.45) is 4.99 Å². The zero-order valence-electron chi connectivity index (χ0n) is 9.37. The summed E-state index contributed by atoms with van der Waals surface area (Å²) in [5, 5.41) is 0. The van der Waals surface area contributed by atoms with E-state index in [4.69, 9.17) is 0 Å². The van der Waals surface area contributed by atoms with Gasteiger partial charge in [0.2, 0.25) is 0 Å². The first-order valence-corrected chi connectivity index (χ1v) is 5.76. The Morgan fingerprint density at radius 1 is 1.38 bits per heavy atom. The van der Waals surface area contributed by atoms with Gasteiger partial charge in [0.25, 0.3) is 0 Å². The molecule has 1 rings (SSSR count). The monoisotopic (exact) mass is 232 g/mol. The van der Waals surface area contributed by atoms with E-state index in [1.807, 2.05) is 18.2 Å². The van der Waals surface area contributed by atoms with Crippen molar-refractivity contribution in [3.63, 3.8) is 0 Å². The lowest BCUT2D eigenvalue weighted by Crippen LogP contribution is -1.82. The van der Waals surface area contributed by atoms with Gasteiger partial charge in [0.05, 0.1) is 0 Å². The third-order valence-corrected chi connectivity index (χ3v) is 2.09. The van der Waals surface area contributed by atoms with Crippen LogP contribution in [0.15, 0.2) is 52.8 Å². The Labute approximate surface area is 102 Å². The second kappa shape index (κ2) is 7.88. The molecule has 0 amide bonds. The van der Waals surface area contributed by atoms with Crippen molar-refractivity contribution in [2.45, 2.75) is 24.7 Å². The molecule has 0 radical (unpaired) electrons. The lowest BCUT2D eigenvalue weighted by Gasteiger charge is -1.91. The number of hydrogen-bond donors (Lipinski definition) is 1. The van der Waals surface area contributed by atoms with Crippen LogP contribution in [-0.2, 0) is 0 Å². The van der Waals surface area contributed by atoms with E-state index in [2.05, 4.69) is 35.6 Å². The van der Waals surface area contributed by atoms with Crippen LogP contribution in [-0.4, -0.2) is 11.2 Å². The van der Waals surface area contributed by atoms with Gasteiger partial charge in [0, 0.05) is 35.3 Å². The molecular weight excluding hydrogens is 216 g/mol. The van der Waals surface area contributed by atoms with Crippen LogP contribution in [0, 0.1) is 0 Å². The summed E-state index contributed by atoms with van der Waals surface area (Å²) in [5.74, 6) is 0. The highest BCUT2D eigenvalue weighted by atomic mass is 32.1. The molecule has 0 aliphatic heterocycles. The number of nitrogens with zero attached hydrogens (tertiary/aromatic N) is 2. The van der Waals surface area contributed by atoms with Crippen LogP contribution < -0.4 is 0 Å². The SMILES string of the molecule is CCC/C=C\C=C/N=Cc1cncc(S)c1. The van der Waals surface area contributed by atoms with E-state index in [0.717, 1.165) is 16.9 Å². The van der Waals surface area contributed by atoms with Gasteiger partial charge in [-0.05, 0) is 18.6 Å². The molecule has 0 saturated heterocycles. The number of aromatic nitrogens is 1. The number of hydrogen-bond acceptors (Lipinski definition) is 3. The predicted octanol–water partition coefficient (Wildman–Crippen LogP) is 3.66. The maximum absolute atomic E-state index is 4.20. The minimum absolute atomic E-state index is 0.843. The molecule has 0 atom stereocenters. The van der Waals surface area contributed by atoms with Crippen molar-refractivity contribution in [1.82, 2.24) is 4.98 Å². The smallest absolute Gasteiger partial charge is 0.0401 e. The number of allylic oxidation sites excluding steroid dienone is 3. The molecule has 3 heteroatoms. The fourth-order valence-electron chi connectivity index (χ4n) is 1.09. The van der Waals surface area contributed by atoms with E-state index in [9.17, 15) is 0 Å². The van der Waals surface area contributed by atoms with E-state index in [-0.39, 0.29) is 0 Å². The third kappa shape index (κ3) is 5.51. The summed E-state index contributed by atoms with van der Waals surface area (Å²) in [6.45, 7) is 2.16. The molecular formula is C13H16N2S. The van der Waals surface area contributed by atoms with Crippen LogP contribution in [0.2, 0.25) is 0 Å². The molecule has 1 aromatic heterocycles. The van der Waals surface area contributed by atoms with Crippen LogP contribution >= 0.6 is 12.6 Å². The zero-order valence-corrected chi connectivity index (χ0v) is 10.3. The number of pyridine rings is 1. The molecule has 84 valence electrons. The summed E-state index contributed by atoms with van der Waals surface area (Å²) in [7, 11) is 0. The normalized spacial score (nSPS) is 12.1. The van der Waals surface area contributed by atoms with E-state index >= 15 is 0 Å². The standard InChI is InChI=1S/C13H16N2S/c1-2-3-4-5-6-7-14-9-12-8-13(16)11-15-10-12/h4-11,16H,2-3H2,1H3/b5-4-,7-6-,14-9?. The molecule has 0 aliphatic carbocycles. The van der Waals surface area contributed by atoms with E-state index in [0.29, 0.717) is 0 Å². The number of aliphatic imine (C=N–C) groups is 1.